The first-order valence-electron chi connectivity index (χ1n) is 13.3. The van der Waals surface area contributed by atoms with Crippen LogP contribution in [0.3, 0.4) is 0 Å². The number of aliphatic hydroxyl groups excluding tert-OH is 2. The van der Waals surface area contributed by atoms with E-state index in [9.17, 15) is 4.79 Å². The molecule has 196 valence electrons. The van der Waals surface area contributed by atoms with Crippen LogP contribution >= 0.6 is 13.5 Å². The summed E-state index contributed by atoms with van der Waals surface area (Å²) in [5, 5.41) is 19.7. The first-order valence-corrected chi connectivity index (χ1v) is 13.3. The lowest BCUT2D eigenvalue weighted by atomic mass is 9.83. The van der Waals surface area contributed by atoms with Crippen LogP contribution in [0.5, 0.6) is 0 Å². The molecule has 2 saturated heterocycles. The van der Waals surface area contributed by atoms with Crippen LogP contribution in [0.1, 0.15) is 89.9 Å². The first kappa shape index (κ1) is 33.0. The van der Waals surface area contributed by atoms with Gasteiger partial charge in [-0.25, -0.2) is 0 Å². The minimum atomic E-state index is -0.153. The van der Waals surface area contributed by atoms with E-state index in [1.165, 1.54) is 103 Å². The molecule has 0 unspecified atom stereocenters. The Hall–Kier alpha value is -1.02. The maximum absolute atomic E-state index is 10.2. The Morgan fingerprint density at radius 3 is 1.76 bits per heavy atom. The predicted octanol–water partition coefficient (Wildman–Crippen LogP) is 3.89. The van der Waals surface area contributed by atoms with E-state index in [2.05, 4.69) is 28.5 Å². The van der Waals surface area contributed by atoms with Crippen LogP contribution < -0.4 is 5.32 Å². The average molecular weight is 495 g/mol. The molecular formula is C28H50N2O3S. The third kappa shape index (κ3) is 15.8. The molecule has 0 aromatic carbocycles. The number of aliphatic hydroxyl groups is 2. The van der Waals surface area contributed by atoms with Gasteiger partial charge in [-0.15, -0.1) is 6.42 Å². The van der Waals surface area contributed by atoms with Crippen molar-refractivity contribution < 1.29 is 15.0 Å². The molecule has 2 heterocycles. The molecule has 4 rings (SSSR count). The molecule has 2 aliphatic carbocycles. The number of likely N-dealkylation sites (tertiary alicyclic amines) is 1. The maximum Gasteiger partial charge on any atom is 0.123 e. The quantitative estimate of drug-likeness (QED) is 0.410. The molecule has 34 heavy (non-hydrogen) atoms. The minimum Gasteiger partial charge on any atom is -0.384 e. The summed E-state index contributed by atoms with van der Waals surface area (Å²) in [7, 11) is 0. The van der Waals surface area contributed by atoms with Gasteiger partial charge >= 0.3 is 0 Å². The molecule has 6 heteroatoms. The number of hydrogen-bond donors (Lipinski definition) is 3. The molecule has 0 aromatic heterocycles. The van der Waals surface area contributed by atoms with Crippen molar-refractivity contribution in [2.75, 3.05) is 39.4 Å². The topological polar surface area (TPSA) is 72.8 Å². The van der Waals surface area contributed by atoms with E-state index < -0.39 is 0 Å². The highest BCUT2D eigenvalue weighted by Crippen LogP contribution is 2.30. The van der Waals surface area contributed by atoms with Crippen molar-refractivity contribution in [3.8, 4) is 24.2 Å². The summed E-state index contributed by atoms with van der Waals surface area (Å²) in [5.41, 5.74) is 0. The Morgan fingerprint density at radius 1 is 0.853 bits per heavy atom. The Morgan fingerprint density at radius 2 is 1.38 bits per heavy atom. The summed E-state index contributed by atoms with van der Waals surface area (Å²) in [6, 6.07) is 0.426. The van der Waals surface area contributed by atoms with Crippen molar-refractivity contribution in [1.82, 2.24) is 10.2 Å². The fourth-order valence-corrected chi connectivity index (χ4v) is 5.02. The Labute approximate surface area is 216 Å². The summed E-state index contributed by atoms with van der Waals surface area (Å²) < 4.78 is 0. The lowest BCUT2D eigenvalue weighted by Gasteiger charge is -2.33. The first-order chi connectivity index (χ1) is 16.3. The van der Waals surface area contributed by atoms with Crippen LogP contribution in [-0.4, -0.2) is 66.8 Å². The molecule has 4 fully saturated rings. The van der Waals surface area contributed by atoms with Crippen LogP contribution in [-0.2, 0) is 4.79 Å². The van der Waals surface area contributed by atoms with Crippen LogP contribution in [0.25, 0.3) is 0 Å². The van der Waals surface area contributed by atoms with E-state index in [1.807, 2.05) is 5.92 Å². The highest BCUT2D eigenvalue weighted by atomic mass is 32.1. The third-order valence-electron chi connectivity index (χ3n) is 6.85. The zero-order valence-corrected chi connectivity index (χ0v) is 22.3. The van der Waals surface area contributed by atoms with Crippen molar-refractivity contribution >= 4 is 19.8 Å². The Kier molecular flexibility index (Phi) is 23.0. The van der Waals surface area contributed by atoms with Gasteiger partial charge in [0.2, 0.25) is 0 Å². The highest BCUT2D eigenvalue weighted by molar-refractivity contribution is 7.59. The monoisotopic (exact) mass is 494 g/mol. The molecule has 0 amide bonds. The standard InChI is InChI=1S/C14H23NO.C7H12O.C4H9N.C3H4O.H2S/c16-12-6-9-14(15-10-4-5-11-15)13-7-2-1-3-8-13;8-6-7-4-2-1-3-5-7;1-2-4-5-3-1;1-2-3-4;/h13-14,16H,1-5,7-8,10-12H2;6-7H,1-5H2;5H,1-4H2;1,4H,3H2;1H2/t14-;;;;/m1..../s1. The van der Waals surface area contributed by atoms with Gasteiger partial charge in [-0.1, -0.05) is 56.3 Å². The minimum absolute atomic E-state index is 0. The largest absolute Gasteiger partial charge is 0.384 e. The molecule has 0 bridgehead atoms. The normalized spacial score (nSPS) is 21.3. The number of carbonyl (C=O) groups is 1. The van der Waals surface area contributed by atoms with Crippen molar-refractivity contribution in [1.29, 1.82) is 0 Å². The van der Waals surface area contributed by atoms with Gasteiger partial charge in [0, 0.05) is 5.92 Å². The second-order valence-corrected chi connectivity index (χ2v) is 9.42. The lowest BCUT2D eigenvalue weighted by Crippen LogP contribution is -2.38. The molecule has 4 aliphatic rings. The van der Waals surface area contributed by atoms with Crippen LogP contribution in [0, 0.1) is 36.0 Å². The fourth-order valence-electron chi connectivity index (χ4n) is 5.02. The third-order valence-corrected chi connectivity index (χ3v) is 6.85. The Balaban J connectivity index is 0.000000503. The SMILES string of the molecule is C#CCO.C1CCNC1.O=CC1CCCCC1.OCC#C[C@H](C1CCCCC1)N1CCCC1.S. The Bertz CT molecular complexity index is 555. The van der Waals surface area contributed by atoms with E-state index in [1.54, 1.807) is 0 Å². The van der Waals surface area contributed by atoms with Crippen LogP contribution in [0.15, 0.2) is 0 Å². The van der Waals surface area contributed by atoms with E-state index in [4.69, 9.17) is 10.2 Å². The van der Waals surface area contributed by atoms with Crippen molar-refractivity contribution in [2.24, 2.45) is 11.8 Å². The number of nitrogens with one attached hydrogen (secondary N) is 1. The van der Waals surface area contributed by atoms with E-state index in [0.717, 1.165) is 25.0 Å². The van der Waals surface area contributed by atoms with Gasteiger partial charge in [0.25, 0.3) is 0 Å². The highest BCUT2D eigenvalue weighted by Gasteiger charge is 2.28. The smallest absolute Gasteiger partial charge is 0.123 e. The van der Waals surface area contributed by atoms with Crippen molar-refractivity contribution in [3.63, 3.8) is 0 Å². The number of carbonyl (C=O) groups excluding carboxylic acids is 1. The van der Waals surface area contributed by atoms with Crippen LogP contribution in [0.4, 0.5) is 0 Å². The predicted molar refractivity (Wildman–Crippen MR) is 147 cm³/mol. The van der Waals surface area contributed by atoms with E-state index >= 15 is 0 Å². The molecule has 0 spiro atoms. The van der Waals surface area contributed by atoms with Gasteiger partial charge in [0.05, 0.1) is 6.04 Å². The second kappa shape index (κ2) is 23.7. The second-order valence-electron chi connectivity index (χ2n) is 9.42. The molecule has 2 saturated carbocycles. The number of nitrogens with zero attached hydrogens (tertiary/aromatic N) is 1. The summed E-state index contributed by atoms with van der Waals surface area (Å²) in [6.07, 6.45) is 24.0. The molecule has 5 nitrogen and oxygen atoms in total. The number of hydrogen-bond acceptors (Lipinski definition) is 5. The van der Waals surface area contributed by atoms with E-state index in [-0.39, 0.29) is 26.7 Å². The number of terminal acetylenes is 1. The number of rotatable bonds is 3. The fraction of sp³-hybridized carbons (Fsp3) is 0.821. The molecule has 3 N–H and O–H groups in total. The van der Waals surface area contributed by atoms with Gasteiger partial charge in [-0.2, -0.15) is 13.5 Å². The van der Waals surface area contributed by atoms with Gasteiger partial charge in [0.15, 0.2) is 0 Å². The summed E-state index contributed by atoms with van der Waals surface area (Å²) in [5.74, 6) is 9.34. The lowest BCUT2D eigenvalue weighted by molar-refractivity contribution is -0.111. The van der Waals surface area contributed by atoms with Gasteiger partial charge < -0.3 is 20.3 Å². The molecular weight excluding hydrogens is 444 g/mol. The summed E-state index contributed by atoms with van der Waals surface area (Å²) in [4.78, 5) is 12.7. The van der Waals surface area contributed by atoms with Gasteiger partial charge in [0.1, 0.15) is 19.5 Å². The zero-order valence-electron chi connectivity index (χ0n) is 21.3. The van der Waals surface area contributed by atoms with Gasteiger partial charge in [-0.05, 0) is 83.5 Å². The van der Waals surface area contributed by atoms with Gasteiger partial charge in [-0.3, -0.25) is 4.90 Å². The molecule has 0 aromatic rings. The molecule has 0 radical (unpaired) electrons. The van der Waals surface area contributed by atoms with Crippen molar-refractivity contribution in [2.45, 2.75) is 95.9 Å². The molecule has 2 aliphatic heterocycles. The van der Waals surface area contributed by atoms with E-state index in [0.29, 0.717) is 12.0 Å². The summed E-state index contributed by atoms with van der Waals surface area (Å²) in [6.45, 7) is 4.78. The number of aldehydes is 1. The van der Waals surface area contributed by atoms with Crippen LogP contribution in [0.2, 0.25) is 0 Å². The van der Waals surface area contributed by atoms with Crippen molar-refractivity contribution in [3.05, 3.63) is 0 Å². The summed E-state index contributed by atoms with van der Waals surface area (Å²) >= 11 is 0. The zero-order chi connectivity index (χ0) is 24.0. The maximum atomic E-state index is 10.2. The average Bonchev–Trinajstić information content (AvgIpc) is 3.64. The molecule has 1 atom stereocenters.